The van der Waals surface area contributed by atoms with E-state index in [1.165, 1.54) is 24.4 Å². The number of rotatable bonds is 7. The maximum Gasteiger partial charge on any atom is 0.277 e. The molecule has 10 heteroatoms. The van der Waals surface area contributed by atoms with Gasteiger partial charge in [0.15, 0.2) is 6.61 Å². The molecule has 0 saturated heterocycles. The van der Waals surface area contributed by atoms with E-state index in [2.05, 4.69) is 26.5 Å². The third-order valence-corrected chi connectivity index (χ3v) is 4.49. The van der Waals surface area contributed by atoms with Crippen LogP contribution in [0.5, 0.6) is 5.75 Å². The lowest BCUT2D eigenvalue weighted by molar-refractivity contribution is -0.384. The number of nitro benzene ring substituents is 1. The van der Waals surface area contributed by atoms with Crippen LogP contribution in [0.2, 0.25) is 5.02 Å². The van der Waals surface area contributed by atoms with Crippen molar-refractivity contribution in [3.05, 3.63) is 80.0 Å². The van der Waals surface area contributed by atoms with Crippen LogP contribution in [-0.4, -0.2) is 23.7 Å². The van der Waals surface area contributed by atoms with E-state index in [1.54, 1.807) is 24.3 Å². The highest BCUT2D eigenvalue weighted by atomic mass is 79.9. The summed E-state index contributed by atoms with van der Waals surface area (Å²) in [5.74, 6) is 0.888. The van der Waals surface area contributed by atoms with Crippen molar-refractivity contribution in [1.29, 1.82) is 0 Å². The third-order valence-electron chi connectivity index (χ3n) is 3.62. The SMILES string of the molecule is O=C(COc1ccc([N+](=O)[O-])cc1Br)NN=Cc1ccc(-c2ccc(Cl)cc2)o1. The summed E-state index contributed by atoms with van der Waals surface area (Å²) in [5, 5.41) is 15.2. The number of hydrogen-bond donors (Lipinski definition) is 1. The fourth-order valence-electron chi connectivity index (χ4n) is 2.26. The van der Waals surface area contributed by atoms with Crippen molar-refractivity contribution in [2.24, 2.45) is 5.10 Å². The standard InChI is InChI=1S/C19H13BrClN3O5/c20-16-9-14(24(26)27)5-7-18(16)28-11-19(25)23-22-10-15-6-8-17(29-15)12-1-3-13(21)4-2-12/h1-10H,11H2,(H,23,25). The van der Waals surface area contributed by atoms with Crippen molar-refractivity contribution >= 4 is 45.3 Å². The number of carbonyl (C=O) groups is 1. The molecule has 8 nitrogen and oxygen atoms in total. The largest absolute Gasteiger partial charge is 0.483 e. The molecule has 0 saturated carbocycles. The number of amides is 1. The second-order valence-corrected chi connectivity index (χ2v) is 6.95. The second kappa shape index (κ2) is 9.35. The third kappa shape index (κ3) is 5.66. The zero-order valence-corrected chi connectivity index (χ0v) is 17.0. The summed E-state index contributed by atoms with van der Waals surface area (Å²) >= 11 is 9.03. The highest BCUT2D eigenvalue weighted by Crippen LogP contribution is 2.29. The minimum atomic E-state index is -0.525. The van der Waals surface area contributed by atoms with Gasteiger partial charge in [0.05, 0.1) is 15.6 Å². The Hall–Kier alpha value is -3.17. The summed E-state index contributed by atoms with van der Waals surface area (Å²) in [5.41, 5.74) is 3.08. The molecule has 2 aromatic carbocycles. The van der Waals surface area contributed by atoms with Crippen LogP contribution in [0.3, 0.4) is 0 Å². The van der Waals surface area contributed by atoms with Gasteiger partial charge in [0.25, 0.3) is 11.6 Å². The minimum absolute atomic E-state index is 0.0882. The molecule has 0 aliphatic carbocycles. The average Bonchev–Trinajstić information content (AvgIpc) is 3.16. The van der Waals surface area contributed by atoms with Gasteiger partial charge in [-0.25, -0.2) is 5.43 Å². The molecule has 1 amide bonds. The summed E-state index contributed by atoms with van der Waals surface area (Å²) < 4.78 is 11.3. The van der Waals surface area contributed by atoms with Crippen molar-refractivity contribution in [1.82, 2.24) is 5.43 Å². The molecule has 0 bridgehead atoms. The van der Waals surface area contributed by atoms with Crippen LogP contribution >= 0.6 is 27.5 Å². The van der Waals surface area contributed by atoms with Gasteiger partial charge in [-0.2, -0.15) is 5.10 Å². The molecule has 29 heavy (non-hydrogen) atoms. The monoisotopic (exact) mass is 477 g/mol. The molecule has 1 heterocycles. The van der Waals surface area contributed by atoms with E-state index in [4.69, 9.17) is 20.8 Å². The predicted molar refractivity (Wildman–Crippen MR) is 111 cm³/mol. The summed E-state index contributed by atoms with van der Waals surface area (Å²) in [7, 11) is 0. The maximum absolute atomic E-state index is 11.8. The van der Waals surface area contributed by atoms with Crippen LogP contribution in [0.25, 0.3) is 11.3 Å². The summed E-state index contributed by atoms with van der Waals surface area (Å²) in [6.45, 7) is -0.318. The van der Waals surface area contributed by atoms with Gasteiger partial charge in [0, 0.05) is 22.7 Å². The molecule has 0 fully saturated rings. The van der Waals surface area contributed by atoms with Crippen molar-refractivity contribution in [2.75, 3.05) is 6.61 Å². The lowest BCUT2D eigenvalue weighted by Gasteiger charge is -2.06. The van der Waals surface area contributed by atoms with Gasteiger partial charge in [0.1, 0.15) is 17.3 Å². The Morgan fingerprint density at radius 2 is 2.00 bits per heavy atom. The Kier molecular flexibility index (Phi) is 6.63. The fraction of sp³-hybridized carbons (Fsp3) is 0.0526. The summed E-state index contributed by atoms with van der Waals surface area (Å²) in [4.78, 5) is 22.0. The molecule has 148 valence electrons. The number of halogens is 2. The Balaban J connectivity index is 1.51. The lowest BCUT2D eigenvalue weighted by atomic mass is 10.2. The topological polar surface area (TPSA) is 107 Å². The van der Waals surface area contributed by atoms with Crippen LogP contribution in [0.4, 0.5) is 5.69 Å². The molecular weight excluding hydrogens is 466 g/mol. The maximum atomic E-state index is 11.8. The molecule has 0 aliphatic heterocycles. The number of nitrogens with zero attached hydrogens (tertiary/aromatic N) is 2. The second-order valence-electron chi connectivity index (χ2n) is 5.66. The van der Waals surface area contributed by atoms with E-state index in [1.807, 2.05) is 12.1 Å². The number of nitrogens with one attached hydrogen (secondary N) is 1. The molecule has 1 N–H and O–H groups in total. The van der Waals surface area contributed by atoms with Crippen molar-refractivity contribution in [2.45, 2.75) is 0 Å². The first-order chi connectivity index (χ1) is 13.9. The van der Waals surface area contributed by atoms with E-state index in [0.29, 0.717) is 26.8 Å². The van der Waals surface area contributed by atoms with E-state index in [9.17, 15) is 14.9 Å². The highest BCUT2D eigenvalue weighted by Gasteiger charge is 2.11. The van der Waals surface area contributed by atoms with Crippen LogP contribution in [-0.2, 0) is 4.79 Å². The predicted octanol–water partition coefficient (Wildman–Crippen LogP) is 4.80. The van der Waals surface area contributed by atoms with Crippen molar-refractivity contribution in [3.63, 3.8) is 0 Å². The van der Waals surface area contributed by atoms with Gasteiger partial charge in [0.2, 0.25) is 0 Å². The Morgan fingerprint density at radius 3 is 2.69 bits per heavy atom. The molecular formula is C19H13BrClN3O5. The highest BCUT2D eigenvalue weighted by molar-refractivity contribution is 9.10. The lowest BCUT2D eigenvalue weighted by Crippen LogP contribution is -2.24. The first-order valence-corrected chi connectivity index (χ1v) is 9.34. The van der Waals surface area contributed by atoms with Gasteiger partial charge in [-0.3, -0.25) is 14.9 Å². The van der Waals surface area contributed by atoms with E-state index in [0.717, 1.165) is 5.56 Å². The minimum Gasteiger partial charge on any atom is -0.483 e. The van der Waals surface area contributed by atoms with Gasteiger partial charge >= 0.3 is 0 Å². The number of furan rings is 1. The summed E-state index contributed by atoms with van der Waals surface area (Å²) in [6.07, 6.45) is 1.36. The zero-order chi connectivity index (χ0) is 20.8. The Morgan fingerprint density at radius 1 is 1.24 bits per heavy atom. The quantitative estimate of drug-likeness (QED) is 0.298. The Labute approximate surface area is 178 Å². The number of non-ortho nitro benzene ring substituents is 1. The smallest absolute Gasteiger partial charge is 0.277 e. The van der Waals surface area contributed by atoms with Crippen LogP contribution < -0.4 is 10.2 Å². The number of hydrogen-bond acceptors (Lipinski definition) is 6. The first kappa shape index (κ1) is 20.6. The first-order valence-electron chi connectivity index (χ1n) is 8.17. The number of carbonyl (C=O) groups excluding carboxylic acids is 1. The van der Waals surface area contributed by atoms with E-state index >= 15 is 0 Å². The molecule has 0 atom stereocenters. The zero-order valence-electron chi connectivity index (χ0n) is 14.7. The van der Waals surface area contributed by atoms with Gasteiger partial charge in [-0.05, 0) is 58.4 Å². The normalized spacial score (nSPS) is 10.8. The molecule has 3 rings (SSSR count). The number of ether oxygens (including phenoxy) is 1. The molecule has 0 aliphatic rings. The van der Waals surface area contributed by atoms with Crippen LogP contribution in [0.15, 0.2) is 68.6 Å². The van der Waals surface area contributed by atoms with Gasteiger partial charge in [-0.1, -0.05) is 11.6 Å². The number of benzene rings is 2. The molecule has 0 unspecified atom stereocenters. The molecule has 0 radical (unpaired) electrons. The molecule has 1 aromatic heterocycles. The van der Waals surface area contributed by atoms with Gasteiger partial charge < -0.3 is 9.15 Å². The van der Waals surface area contributed by atoms with Crippen LogP contribution in [0, 0.1) is 10.1 Å². The van der Waals surface area contributed by atoms with Crippen molar-refractivity contribution < 1.29 is 18.9 Å². The number of nitro groups is 1. The molecule has 3 aromatic rings. The van der Waals surface area contributed by atoms with Crippen LogP contribution in [0.1, 0.15) is 5.76 Å². The Bertz CT molecular complexity index is 1070. The molecule has 0 spiro atoms. The summed E-state index contributed by atoms with van der Waals surface area (Å²) in [6, 6.07) is 14.7. The number of hydrazone groups is 1. The van der Waals surface area contributed by atoms with Crippen molar-refractivity contribution in [3.8, 4) is 17.1 Å². The van der Waals surface area contributed by atoms with E-state index < -0.39 is 10.8 Å². The fourth-order valence-corrected chi connectivity index (χ4v) is 2.86. The average molecular weight is 479 g/mol. The van der Waals surface area contributed by atoms with Gasteiger partial charge in [-0.15, -0.1) is 0 Å². The van der Waals surface area contributed by atoms with E-state index in [-0.39, 0.29) is 12.3 Å².